The Balaban J connectivity index is 1.72. The molecule has 1 unspecified atom stereocenters. The number of carbonyl (C=O) groups excluding carboxylic acids is 1. The first-order chi connectivity index (χ1) is 14.7. The van der Waals surface area contributed by atoms with Gasteiger partial charge < -0.3 is 19.3 Å². The van der Waals surface area contributed by atoms with Crippen LogP contribution in [-0.2, 0) is 11.3 Å². The largest absolute Gasteiger partial charge is 0.484 e. The molecule has 0 radical (unpaired) electrons. The lowest BCUT2D eigenvalue weighted by molar-refractivity contribution is -0.153. The van der Waals surface area contributed by atoms with E-state index in [1.165, 1.54) is 24.3 Å². The van der Waals surface area contributed by atoms with E-state index < -0.39 is 12.8 Å². The summed E-state index contributed by atoms with van der Waals surface area (Å²) in [5.74, 6) is -0.131. The molecule has 2 aromatic carbocycles. The van der Waals surface area contributed by atoms with Crippen molar-refractivity contribution in [2.45, 2.75) is 31.7 Å². The number of anilines is 1. The van der Waals surface area contributed by atoms with Gasteiger partial charge in [0.1, 0.15) is 5.75 Å². The molecule has 0 aliphatic carbocycles. The summed E-state index contributed by atoms with van der Waals surface area (Å²) in [6.07, 6.45) is -2.56. The van der Waals surface area contributed by atoms with Crippen LogP contribution >= 0.6 is 0 Å². The van der Waals surface area contributed by atoms with Crippen LogP contribution in [0.4, 0.5) is 18.9 Å². The molecular weight excluding hydrogens is 409 g/mol. The first-order valence-electron chi connectivity index (χ1n) is 10.2. The van der Waals surface area contributed by atoms with Crippen LogP contribution in [0.25, 0.3) is 0 Å². The number of rotatable bonds is 8. The molecule has 8 heteroatoms. The standard InChI is InChI=1S/C23H27F3N2O3/c1-27(2)19-9-5-17(6-10-19)14-28(15-21-4-3-13-30-21)22(29)18-7-11-20(12-8-18)31-16-23(24,25)26/h5-12,21H,3-4,13-16H2,1-2H3. The van der Waals surface area contributed by atoms with Crippen LogP contribution in [0.3, 0.4) is 0 Å². The Hall–Kier alpha value is -2.74. The quantitative estimate of drug-likeness (QED) is 0.611. The van der Waals surface area contributed by atoms with Gasteiger partial charge in [-0.1, -0.05) is 12.1 Å². The van der Waals surface area contributed by atoms with Crippen LogP contribution in [0.5, 0.6) is 5.75 Å². The zero-order valence-corrected chi connectivity index (χ0v) is 17.7. The molecule has 0 N–H and O–H groups in total. The second kappa shape index (κ2) is 10.0. The molecule has 0 aromatic heterocycles. The summed E-state index contributed by atoms with van der Waals surface area (Å²) in [6.45, 7) is 0.198. The van der Waals surface area contributed by atoms with E-state index in [0.29, 0.717) is 25.3 Å². The maximum absolute atomic E-state index is 13.2. The fraction of sp³-hybridized carbons (Fsp3) is 0.435. The third kappa shape index (κ3) is 6.89. The Labute approximate surface area is 180 Å². The van der Waals surface area contributed by atoms with E-state index in [0.717, 1.165) is 24.1 Å². The highest BCUT2D eigenvalue weighted by Crippen LogP contribution is 2.22. The van der Waals surface area contributed by atoms with Crippen LogP contribution in [0.15, 0.2) is 48.5 Å². The van der Waals surface area contributed by atoms with Crippen molar-refractivity contribution in [3.63, 3.8) is 0 Å². The molecule has 1 aliphatic heterocycles. The molecule has 0 saturated carbocycles. The predicted molar refractivity (Wildman–Crippen MR) is 112 cm³/mol. The highest BCUT2D eigenvalue weighted by atomic mass is 19.4. The van der Waals surface area contributed by atoms with Crippen molar-refractivity contribution in [3.8, 4) is 5.75 Å². The van der Waals surface area contributed by atoms with Gasteiger partial charge in [0.25, 0.3) is 5.91 Å². The topological polar surface area (TPSA) is 42.0 Å². The Morgan fingerprint density at radius 1 is 1.10 bits per heavy atom. The van der Waals surface area contributed by atoms with Crippen molar-refractivity contribution >= 4 is 11.6 Å². The third-order valence-electron chi connectivity index (χ3n) is 5.07. The van der Waals surface area contributed by atoms with Crippen molar-refractivity contribution in [3.05, 3.63) is 59.7 Å². The molecule has 1 heterocycles. The van der Waals surface area contributed by atoms with E-state index in [9.17, 15) is 18.0 Å². The van der Waals surface area contributed by atoms with Crippen LogP contribution < -0.4 is 9.64 Å². The minimum Gasteiger partial charge on any atom is -0.484 e. The predicted octanol–water partition coefficient (Wildman–Crippen LogP) is 4.52. The molecule has 31 heavy (non-hydrogen) atoms. The molecule has 3 rings (SSSR count). The number of halogens is 3. The molecule has 0 spiro atoms. The minimum absolute atomic E-state index is 0.0145. The number of ether oxygens (including phenoxy) is 2. The summed E-state index contributed by atoms with van der Waals surface area (Å²) >= 11 is 0. The Bertz CT molecular complexity index is 846. The Morgan fingerprint density at radius 3 is 2.32 bits per heavy atom. The first-order valence-corrected chi connectivity index (χ1v) is 10.2. The average Bonchev–Trinajstić information content (AvgIpc) is 3.25. The molecule has 2 aromatic rings. The van der Waals surface area contributed by atoms with E-state index >= 15 is 0 Å². The van der Waals surface area contributed by atoms with Crippen LogP contribution in [0, 0.1) is 0 Å². The second-order valence-electron chi connectivity index (χ2n) is 7.81. The first kappa shape index (κ1) is 22.9. The van der Waals surface area contributed by atoms with E-state index in [1.54, 1.807) is 4.90 Å². The summed E-state index contributed by atoms with van der Waals surface area (Å²) in [5, 5.41) is 0. The summed E-state index contributed by atoms with van der Waals surface area (Å²) in [5.41, 5.74) is 2.44. The van der Waals surface area contributed by atoms with Gasteiger partial charge in [0.05, 0.1) is 6.10 Å². The summed E-state index contributed by atoms with van der Waals surface area (Å²) in [4.78, 5) is 16.9. The van der Waals surface area contributed by atoms with Gasteiger partial charge >= 0.3 is 6.18 Å². The van der Waals surface area contributed by atoms with Crippen LogP contribution in [0.1, 0.15) is 28.8 Å². The van der Waals surface area contributed by atoms with Gasteiger partial charge in [-0.3, -0.25) is 4.79 Å². The van der Waals surface area contributed by atoms with E-state index in [-0.39, 0.29) is 17.8 Å². The molecule has 1 aliphatic rings. The molecule has 168 valence electrons. The van der Waals surface area contributed by atoms with Crippen molar-refractivity contribution < 1.29 is 27.4 Å². The number of nitrogens with zero attached hydrogens (tertiary/aromatic N) is 2. The summed E-state index contributed by atoms with van der Waals surface area (Å²) in [6, 6.07) is 13.7. The van der Waals surface area contributed by atoms with Gasteiger partial charge in [0, 0.05) is 45.0 Å². The van der Waals surface area contributed by atoms with E-state index in [1.807, 2.05) is 43.3 Å². The number of hydrogen-bond donors (Lipinski definition) is 0. The Kier molecular flexibility index (Phi) is 7.43. The lowest BCUT2D eigenvalue weighted by Crippen LogP contribution is -2.37. The van der Waals surface area contributed by atoms with Gasteiger partial charge in [0.2, 0.25) is 0 Å². The van der Waals surface area contributed by atoms with Gasteiger partial charge in [-0.25, -0.2) is 0 Å². The maximum Gasteiger partial charge on any atom is 0.422 e. The highest BCUT2D eigenvalue weighted by molar-refractivity contribution is 5.94. The van der Waals surface area contributed by atoms with E-state index in [4.69, 9.17) is 9.47 Å². The molecule has 5 nitrogen and oxygen atoms in total. The fourth-order valence-corrected chi connectivity index (χ4v) is 3.41. The number of hydrogen-bond acceptors (Lipinski definition) is 4. The van der Waals surface area contributed by atoms with Gasteiger partial charge in [-0.05, 0) is 54.8 Å². The highest BCUT2D eigenvalue weighted by Gasteiger charge is 2.28. The maximum atomic E-state index is 13.2. The third-order valence-corrected chi connectivity index (χ3v) is 5.07. The van der Waals surface area contributed by atoms with Crippen molar-refractivity contribution in [2.75, 3.05) is 38.8 Å². The molecular formula is C23H27F3N2O3. The SMILES string of the molecule is CN(C)c1ccc(CN(CC2CCCO2)C(=O)c2ccc(OCC(F)(F)F)cc2)cc1. The van der Waals surface area contributed by atoms with Gasteiger partial charge in [-0.15, -0.1) is 0 Å². The molecule has 1 atom stereocenters. The van der Waals surface area contributed by atoms with Crippen molar-refractivity contribution in [1.29, 1.82) is 0 Å². The minimum atomic E-state index is -4.41. The monoisotopic (exact) mass is 436 g/mol. The van der Waals surface area contributed by atoms with E-state index in [2.05, 4.69) is 0 Å². The van der Waals surface area contributed by atoms with Crippen molar-refractivity contribution in [2.24, 2.45) is 0 Å². The van der Waals surface area contributed by atoms with Crippen molar-refractivity contribution in [1.82, 2.24) is 4.90 Å². The lowest BCUT2D eigenvalue weighted by atomic mass is 10.1. The lowest BCUT2D eigenvalue weighted by Gasteiger charge is -2.26. The molecule has 1 amide bonds. The molecule has 1 saturated heterocycles. The van der Waals surface area contributed by atoms with Gasteiger partial charge in [0.15, 0.2) is 6.61 Å². The summed E-state index contributed by atoms with van der Waals surface area (Å²) in [7, 11) is 3.93. The van der Waals surface area contributed by atoms with Crippen LogP contribution in [0.2, 0.25) is 0 Å². The van der Waals surface area contributed by atoms with Crippen LogP contribution in [-0.4, -0.2) is 56.9 Å². The number of alkyl halides is 3. The number of amides is 1. The molecule has 1 fully saturated rings. The van der Waals surface area contributed by atoms with Gasteiger partial charge in [-0.2, -0.15) is 13.2 Å². The average molecular weight is 436 g/mol. The number of benzene rings is 2. The smallest absolute Gasteiger partial charge is 0.422 e. The summed E-state index contributed by atoms with van der Waals surface area (Å²) < 4.78 is 47.4. The number of carbonyl (C=O) groups is 1. The normalized spacial score (nSPS) is 16.2. The Morgan fingerprint density at radius 2 is 1.77 bits per heavy atom. The second-order valence-corrected chi connectivity index (χ2v) is 7.81. The fourth-order valence-electron chi connectivity index (χ4n) is 3.41. The zero-order chi connectivity index (χ0) is 22.4. The molecule has 0 bridgehead atoms. The zero-order valence-electron chi connectivity index (χ0n) is 17.7.